The predicted molar refractivity (Wildman–Crippen MR) is 109 cm³/mol. The van der Waals surface area contributed by atoms with E-state index in [0.29, 0.717) is 11.3 Å². The lowest BCUT2D eigenvalue weighted by atomic mass is 10.0. The van der Waals surface area contributed by atoms with E-state index in [2.05, 4.69) is 27.1 Å². The number of anilines is 2. The fourth-order valence-corrected chi connectivity index (χ4v) is 2.95. The van der Waals surface area contributed by atoms with Gasteiger partial charge in [0, 0.05) is 42.1 Å². The molecule has 1 fully saturated rings. The second-order valence-corrected chi connectivity index (χ2v) is 6.08. The van der Waals surface area contributed by atoms with Crippen molar-refractivity contribution in [1.29, 1.82) is 0 Å². The van der Waals surface area contributed by atoms with E-state index in [1.54, 1.807) is 30.6 Å². The molecule has 1 saturated heterocycles. The quantitative estimate of drug-likeness (QED) is 0.774. The van der Waals surface area contributed by atoms with Crippen molar-refractivity contribution in [2.24, 2.45) is 0 Å². The van der Waals surface area contributed by atoms with Gasteiger partial charge < -0.3 is 16.0 Å². The van der Waals surface area contributed by atoms with Crippen LogP contribution in [0.5, 0.6) is 0 Å². The summed E-state index contributed by atoms with van der Waals surface area (Å²) in [6, 6.07) is 9.30. The molecule has 1 amide bonds. The molecule has 0 saturated carbocycles. The lowest BCUT2D eigenvalue weighted by Crippen LogP contribution is -2.45. The molecule has 2 aromatic rings. The number of nitrogens with one attached hydrogen (secondary N) is 1. The van der Waals surface area contributed by atoms with Crippen molar-refractivity contribution in [3.05, 3.63) is 47.9 Å². The van der Waals surface area contributed by atoms with E-state index < -0.39 is 0 Å². The summed E-state index contributed by atoms with van der Waals surface area (Å²) < 4.78 is 0. The Labute approximate surface area is 166 Å². The lowest BCUT2D eigenvalue weighted by molar-refractivity contribution is 0.0931. The first kappa shape index (κ1) is 22.0. The fraction of sp³-hybridized carbons (Fsp3) is 0.389. The largest absolute Gasteiger partial charge is 0.399 e. The monoisotopic (exact) mass is 397 g/mol. The number of nitrogens with zero attached hydrogens (tertiary/aromatic N) is 3. The summed E-state index contributed by atoms with van der Waals surface area (Å²) in [5.74, 6) is 0.915. The number of halogens is 2. The normalized spacial score (nSPS) is 14.1. The molecule has 0 unspecified atom stereocenters. The first-order chi connectivity index (χ1) is 11.7. The number of benzene rings is 1. The van der Waals surface area contributed by atoms with Crippen LogP contribution in [0.2, 0.25) is 0 Å². The summed E-state index contributed by atoms with van der Waals surface area (Å²) in [5, 5.41) is 3.10. The number of hydrogen-bond donors (Lipinski definition) is 2. The number of nitrogens with two attached hydrogens (primary N) is 1. The minimum absolute atomic E-state index is 0. The van der Waals surface area contributed by atoms with Gasteiger partial charge in [-0.05, 0) is 37.5 Å². The van der Waals surface area contributed by atoms with Crippen molar-refractivity contribution in [3.8, 4) is 0 Å². The van der Waals surface area contributed by atoms with Gasteiger partial charge in [-0.3, -0.25) is 4.79 Å². The number of aromatic nitrogens is 2. The summed E-state index contributed by atoms with van der Waals surface area (Å²) in [5.41, 5.74) is 8.01. The van der Waals surface area contributed by atoms with Crippen molar-refractivity contribution in [2.45, 2.75) is 32.2 Å². The number of hydrogen-bond acceptors (Lipinski definition) is 5. The number of rotatable bonds is 4. The highest BCUT2D eigenvalue weighted by Crippen LogP contribution is 2.18. The highest BCUT2D eigenvalue weighted by atomic mass is 35.5. The van der Waals surface area contributed by atoms with Gasteiger partial charge in [0.25, 0.3) is 5.91 Å². The van der Waals surface area contributed by atoms with E-state index >= 15 is 0 Å². The molecule has 0 atom stereocenters. The van der Waals surface area contributed by atoms with Crippen LogP contribution in [-0.4, -0.2) is 35.0 Å². The Balaban J connectivity index is 0.00000169. The molecule has 0 radical (unpaired) electrons. The summed E-state index contributed by atoms with van der Waals surface area (Å²) in [4.78, 5) is 23.2. The van der Waals surface area contributed by atoms with E-state index in [9.17, 15) is 4.79 Å². The number of piperidine rings is 1. The zero-order valence-electron chi connectivity index (χ0n) is 14.7. The third kappa shape index (κ3) is 5.47. The van der Waals surface area contributed by atoms with E-state index in [1.807, 2.05) is 6.07 Å². The minimum Gasteiger partial charge on any atom is -0.399 e. The second-order valence-electron chi connectivity index (χ2n) is 6.08. The van der Waals surface area contributed by atoms with E-state index in [4.69, 9.17) is 5.73 Å². The highest BCUT2D eigenvalue weighted by molar-refractivity contribution is 5.95. The average molecular weight is 398 g/mol. The second kappa shape index (κ2) is 10.2. The Bertz CT molecular complexity index is 720. The molecule has 0 spiro atoms. The first-order valence-electron chi connectivity index (χ1n) is 8.38. The highest BCUT2D eigenvalue weighted by Gasteiger charge is 2.22. The molecule has 0 aliphatic carbocycles. The Morgan fingerprint density at radius 3 is 2.62 bits per heavy atom. The van der Waals surface area contributed by atoms with Crippen molar-refractivity contribution < 1.29 is 4.79 Å². The number of amides is 1. The fourth-order valence-electron chi connectivity index (χ4n) is 2.95. The minimum atomic E-state index is -0.0592. The molecule has 1 aliphatic rings. The Kier molecular flexibility index (Phi) is 8.61. The number of carbonyl (C=O) groups excluding carboxylic acids is 1. The van der Waals surface area contributed by atoms with Gasteiger partial charge in [-0.25, -0.2) is 9.97 Å². The van der Waals surface area contributed by atoms with Gasteiger partial charge in [-0.2, -0.15) is 0 Å². The van der Waals surface area contributed by atoms with Gasteiger partial charge in [0.1, 0.15) is 12.1 Å². The van der Waals surface area contributed by atoms with Gasteiger partial charge in [-0.1, -0.05) is 13.0 Å². The van der Waals surface area contributed by atoms with Crippen LogP contribution in [0.25, 0.3) is 0 Å². The maximum absolute atomic E-state index is 12.3. The van der Waals surface area contributed by atoms with Crippen LogP contribution < -0.4 is 16.0 Å². The molecular weight excluding hydrogens is 373 g/mol. The molecule has 0 bridgehead atoms. The molecule has 2 heterocycles. The van der Waals surface area contributed by atoms with Gasteiger partial charge in [-0.15, -0.1) is 24.8 Å². The predicted octanol–water partition coefficient (Wildman–Crippen LogP) is 2.86. The summed E-state index contributed by atoms with van der Waals surface area (Å²) >= 11 is 0. The standard InChI is InChI=1S/C18H23N5O.2ClH/c1-2-15-11-17(21-12-20-15)23-8-6-16(7-9-23)22-18(24)13-4-3-5-14(19)10-13;;/h3-5,10-12,16H,2,6-9,19H2,1H3,(H,22,24);2*1H. The molecule has 8 heteroatoms. The summed E-state index contributed by atoms with van der Waals surface area (Å²) in [6.45, 7) is 3.84. The smallest absolute Gasteiger partial charge is 0.251 e. The van der Waals surface area contributed by atoms with Crippen LogP contribution in [0.3, 0.4) is 0 Å². The number of nitrogen functional groups attached to an aromatic ring is 1. The van der Waals surface area contributed by atoms with Crippen molar-refractivity contribution >= 4 is 42.2 Å². The van der Waals surface area contributed by atoms with Crippen LogP contribution >= 0.6 is 24.8 Å². The Morgan fingerprint density at radius 1 is 1.23 bits per heavy atom. The zero-order valence-corrected chi connectivity index (χ0v) is 16.4. The first-order valence-corrected chi connectivity index (χ1v) is 8.38. The molecule has 6 nitrogen and oxygen atoms in total. The molecular formula is C18H25Cl2N5O. The molecule has 1 aliphatic heterocycles. The van der Waals surface area contributed by atoms with Gasteiger partial charge >= 0.3 is 0 Å². The van der Waals surface area contributed by atoms with Crippen LogP contribution in [0.15, 0.2) is 36.7 Å². The summed E-state index contributed by atoms with van der Waals surface area (Å²) in [6.07, 6.45) is 4.34. The maximum atomic E-state index is 12.3. The van der Waals surface area contributed by atoms with Gasteiger partial charge in [0.2, 0.25) is 0 Å². The van der Waals surface area contributed by atoms with Crippen LogP contribution in [0.4, 0.5) is 11.5 Å². The van der Waals surface area contributed by atoms with Crippen LogP contribution in [0, 0.1) is 0 Å². The Hall–Kier alpha value is -2.05. The molecule has 1 aromatic carbocycles. The third-order valence-electron chi connectivity index (χ3n) is 4.37. The van der Waals surface area contributed by atoms with Gasteiger partial charge in [0.15, 0.2) is 0 Å². The van der Waals surface area contributed by atoms with Crippen molar-refractivity contribution in [3.63, 3.8) is 0 Å². The van der Waals surface area contributed by atoms with E-state index in [1.165, 1.54) is 0 Å². The van der Waals surface area contributed by atoms with Crippen LogP contribution in [0.1, 0.15) is 35.8 Å². The average Bonchev–Trinajstić information content (AvgIpc) is 2.62. The molecule has 1 aromatic heterocycles. The number of carbonyl (C=O) groups is 1. The SMILES string of the molecule is CCc1cc(N2CCC(NC(=O)c3cccc(N)c3)CC2)ncn1.Cl.Cl. The van der Waals surface area contributed by atoms with Crippen LogP contribution in [-0.2, 0) is 6.42 Å². The molecule has 3 rings (SSSR count). The molecule has 26 heavy (non-hydrogen) atoms. The third-order valence-corrected chi connectivity index (χ3v) is 4.37. The van der Waals surface area contributed by atoms with E-state index in [0.717, 1.165) is 43.9 Å². The lowest BCUT2D eigenvalue weighted by Gasteiger charge is -2.33. The molecule has 142 valence electrons. The van der Waals surface area contributed by atoms with Crippen molar-refractivity contribution in [2.75, 3.05) is 23.7 Å². The van der Waals surface area contributed by atoms with Crippen molar-refractivity contribution in [1.82, 2.24) is 15.3 Å². The summed E-state index contributed by atoms with van der Waals surface area (Å²) in [7, 11) is 0. The Morgan fingerprint density at radius 2 is 1.96 bits per heavy atom. The maximum Gasteiger partial charge on any atom is 0.251 e. The van der Waals surface area contributed by atoms with Gasteiger partial charge in [0.05, 0.1) is 0 Å². The molecule has 3 N–H and O–H groups in total. The topological polar surface area (TPSA) is 84.1 Å². The number of aryl methyl sites for hydroxylation is 1. The van der Waals surface area contributed by atoms with E-state index in [-0.39, 0.29) is 36.8 Å². The zero-order chi connectivity index (χ0) is 16.9.